The Morgan fingerprint density at radius 1 is 1.00 bits per heavy atom. The quantitative estimate of drug-likeness (QED) is 0.667. The molecule has 2 amide bonds. The largest absolute Gasteiger partial charge is 0.378 e. The second-order valence-electron chi connectivity index (χ2n) is 8.13. The van der Waals surface area contributed by atoms with Gasteiger partial charge in [-0.15, -0.1) is 0 Å². The molecule has 1 fully saturated rings. The molecule has 0 bridgehead atoms. The molecule has 172 valence electrons. The lowest BCUT2D eigenvalue weighted by Gasteiger charge is -2.38. The SMILES string of the molecule is CN1CCN([C@H](CNC(=O)C(=O)Nc2cc(F)ccc2F)c2ccc(N(C)C)cc2)CC1. The van der Waals surface area contributed by atoms with Crippen LogP contribution < -0.4 is 15.5 Å². The molecular weight excluding hydrogens is 416 g/mol. The molecule has 1 saturated heterocycles. The molecule has 9 heteroatoms. The molecule has 1 aliphatic heterocycles. The number of carbonyl (C=O) groups is 2. The van der Waals surface area contributed by atoms with Gasteiger partial charge in [0, 0.05) is 58.6 Å². The number of benzene rings is 2. The van der Waals surface area contributed by atoms with Gasteiger partial charge in [0.05, 0.1) is 11.7 Å². The first-order chi connectivity index (χ1) is 15.2. The van der Waals surface area contributed by atoms with Crippen molar-refractivity contribution in [1.29, 1.82) is 0 Å². The molecule has 1 aliphatic rings. The number of anilines is 2. The van der Waals surface area contributed by atoms with E-state index in [1.165, 1.54) is 0 Å². The van der Waals surface area contributed by atoms with Crippen LogP contribution in [-0.4, -0.2) is 75.5 Å². The Labute approximate surface area is 187 Å². The third-order valence-electron chi connectivity index (χ3n) is 5.61. The molecule has 3 rings (SSSR count). The molecule has 0 aliphatic carbocycles. The Kier molecular flexibility index (Phi) is 7.76. The highest BCUT2D eigenvalue weighted by molar-refractivity contribution is 6.39. The zero-order valence-electron chi connectivity index (χ0n) is 18.6. The fraction of sp³-hybridized carbons (Fsp3) is 0.391. The van der Waals surface area contributed by atoms with Crippen molar-refractivity contribution < 1.29 is 18.4 Å². The number of nitrogens with zero attached hydrogens (tertiary/aromatic N) is 3. The van der Waals surface area contributed by atoms with Crippen LogP contribution >= 0.6 is 0 Å². The summed E-state index contributed by atoms with van der Waals surface area (Å²) in [6.07, 6.45) is 0. The maximum atomic E-state index is 13.8. The van der Waals surface area contributed by atoms with Gasteiger partial charge < -0.3 is 20.4 Å². The van der Waals surface area contributed by atoms with Gasteiger partial charge in [-0.1, -0.05) is 12.1 Å². The van der Waals surface area contributed by atoms with E-state index in [0.717, 1.165) is 55.6 Å². The van der Waals surface area contributed by atoms with Gasteiger partial charge in [0.2, 0.25) is 0 Å². The summed E-state index contributed by atoms with van der Waals surface area (Å²) in [5.41, 5.74) is 1.71. The van der Waals surface area contributed by atoms with Crippen molar-refractivity contribution in [3.63, 3.8) is 0 Å². The molecule has 1 atom stereocenters. The van der Waals surface area contributed by atoms with E-state index in [2.05, 4.69) is 27.5 Å². The molecule has 2 N–H and O–H groups in total. The van der Waals surface area contributed by atoms with Gasteiger partial charge in [0.1, 0.15) is 11.6 Å². The first-order valence-corrected chi connectivity index (χ1v) is 10.5. The Morgan fingerprint density at radius 2 is 1.66 bits per heavy atom. The Bertz CT molecular complexity index is 944. The van der Waals surface area contributed by atoms with Gasteiger partial charge in [-0.25, -0.2) is 8.78 Å². The van der Waals surface area contributed by atoms with Gasteiger partial charge in [-0.05, 0) is 36.9 Å². The van der Waals surface area contributed by atoms with E-state index in [1.807, 2.05) is 43.3 Å². The summed E-state index contributed by atoms with van der Waals surface area (Å²) >= 11 is 0. The van der Waals surface area contributed by atoms with E-state index >= 15 is 0 Å². The van der Waals surface area contributed by atoms with Crippen LogP contribution in [0.2, 0.25) is 0 Å². The minimum Gasteiger partial charge on any atom is -0.378 e. The van der Waals surface area contributed by atoms with Crippen molar-refractivity contribution in [2.45, 2.75) is 6.04 Å². The predicted molar refractivity (Wildman–Crippen MR) is 121 cm³/mol. The van der Waals surface area contributed by atoms with E-state index < -0.39 is 23.4 Å². The molecule has 7 nitrogen and oxygen atoms in total. The van der Waals surface area contributed by atoms with Gasteiger partial charge >= 0.3 is 11.8 Å². The highest BCUT2D eigenvalue weighted by atomic mass is 19.1. The van der Waals surface area contributed by atoms with E-state index in [4.69, 9.17) is 0 Å². The van der Waals surface area contributed by atoms with Gasteiger partial charge in [0.25, 0.3) is 0 Å². The van der Waals surface area contributed by atoms with Crippen LogP contribution in [0.25, 0.3) is 0 Å². The molecule has 1 heterocycles. The minimum atomic E-state index is -1.05. The van der Waals surface area contributed by atoms with Crippen molar-refractivity contribution >= 4 is 23.2 Å². The Hall–Kier alpha value is -3.04. The first-order valence-electron chi connectivity index (χ1n) is 10.5. The smallest absolute Gasteiger partial charge is 0.313 e. The number of hydrogen-bond acceptors (Lipinski definition) is 5. The van der Waals surface area contributed by atoms with Gasteiger partial charge in [0.15, 0.2) is 0 Å². The number of carbonyl (C=O) groups excluding carboxylic acids is 2. The molecule has 2 aromatic carbocycles. The molecule has 2 aromatic rings. The van der Waals surface area contributed by atoms with Crippen molar-refractivity contribution in [2.24, 2.45) is 0 Å². The molecule has 0 aromatic heterocycles. The number of hydrogen-bond donors (Lipinski definition) is 2. The molecular formula is C23H29F2N5O2. The number of rotatable bonds is 6. The molecule has 0 saturated carbocycles. The summed E-state index contributed by atoms with van der Waals surface area (Å²) in [4.78, 5) is 31.1. The molecule has 0 spiro atoms. The van der Waals surface area contributed by atoms with Crippen LogP contribution in [-0.2, 0) is 9.59 Å². The summed E-state index contributed by atoms with van der Waals surface area (Å²) in [6.45, 7) is 3.67. The Balaban J connectivity index is 1.69. The van der Waals surface area contributed by atoms with Crippen molar-refractivity contribution in [2.75, 3.05) is 64.1 Å². The first kappa shape index (κ1) is 23.6. The number of halogens is 2. The Morgan fingerprint density at radius 3 is 2.28 bits per heavy atom. The molecule has 0 unspecified atom stereocenters. The summed E-state index contributed by atoms with van der Waals surface area (Å²) in [5.74, 6) is -3.48. The second-order valence-corrected chi connectivity index (χ2v) is 8.13. The fourth-order valence-electron chi connectivity index (χ4n) is 3.63. The summed E-state index contributed by atoms with van der Waals surface area (Å²) in [6, 6.07) is 10.6. The van der Waals surface area contributed by atoms with Crippen LogP contribution in [0.3, 0.4) is 0 Å². The highest BCUT2D eigenvalue weighted by Crippen LogP contribution is 2.24. The number of amides is 2. The number of likely N-dealkylation sites (N-methyl/N-ethyl adjacent to an activating group) is 1. The fourth-order valence-corrected chi connectivity index (χ4v) is 3.63. The van der Waals surface area contributed by atoms with Crippen LogP contribution in [0.15, 0.2) is 42.5 Å². The third kappa shape index (κ3) is 6.02. The topological polar surface area (TPSA) is 67.9 Å². The molecule has 32 heavy (non-hydrogen) atoms. The van der Waals surface area contributed by atoms with Crippen molar-refractivity contribution in [1.82, 2.24) is 15.1 Å². The maximum Gasteiger partial charge on any atom is 0.313 e. The summed E-state index contributed by atoms with van der Waals surface area (Å²) in [5, 5.41) is 4.78. The van der Waals surface area contributed by atoms with Crippen LogP contribution in [0.1, 0.15) is 11.6 Å². The minimum absolute atomic E-state index is 0.123. The van der Waals surface area contributed by atoms with Crippen LogP contribution in [0.4, 0.5) is 20.2 Å². The van der Waals surface area contributed by atoms with Crippen LogP contribution in [0.5, 0.6) is 0 Å². The lowest BCUT2D eigenvalue weighted by atomic mass is 10.0. The second kappa shape index (κ2) is 10.5. The van der Waals surface area contributed by atoms with Crippen molar-refractivity contribution in [3.8, 4) is 0 Å². The standard InChI is InChI=1S/C23H29F2N5O2/c1-28(2)18-7-4-16(5-8-18)21(30-12-10-29(3)11-13-30)15-26-22(31)23(32)27-20-14-17(24)6-9-19(20)25/h4-9,14,21H,10-13,15H2,1-3H3,(H,26,31)(H,27,32)/t21-/m1/s1. The zero-order chi connectivity index (χ0) is 23.3. The van der Waals surface area contributed by atoms with Gasteiger partial charge in [-0.3, -0.25) is 14.5 Å². The van der Waals surface area contributed by atoms with E-state index in [0.29, 0.717) is 0 Å². The van der Waals surface area contributed by atoms with E-state index in [1.54, 1.807) is 0 Å². The monoisotopic (exact) mass is 445 g/mol. The van der Waals surface area contributed by atoms with E-state index in [-0.39, 0.29) is 18.3 Å². The summed E-state index contributed by atoms with van der Waals surface area (Å²) in [7, 11) is 6.00. The van der Waals surface area contributed by atoms with Gasteiger partial charge in [-0.2, -0.15) is 0 Å². The third-order valence-corrected chi connectivity index (χ3v) is 5.61. The lowest BCUT2D eigenvalue weighted by molar-refractivity contribution is -0.136. The maximum absolute atomic E-state index is 13.8. The van der Waals surface area contributed by atoms with Crippen molar-refractivity contribution in [3.05, 3.63) is 59.7 Å². The average molecular weight is 446 g/mol. The van der Waals surface area contributed by atoms with Crippen LogP contribution in [0, 0.1) is 11.6 Å². The predicted octanol–water partition coefficient (Wildman–Crippen LogP) is 2.07. The summed E-state index contributed by atoms with van der Waals surface area (Å²) < 4.78 is 27.1. The highest BCUT2D eigenvalue weighted by Gasteiger charge is 2.26. The lowest BCUT2D eigenvalue weighted by Crippen LogP contribution is -2.49. The zero-order valence-corrected chi connectivity index (χ0v) is 18.6. The normalized spacial score (nSPS) is 15.8. The number of nitrogens with one attached hydrogen (secondary N) is 2. The molecule has 0 radical (unpaired) electrons. The number of piperazine rings is 1. The average Bonchev–Trinajstić information content (AvgIpc) is 2.77. The van der Waals surface area contributed by atoms with E-state index in [9.17, 15) is 18.4 Å².